The van der Waals surface area contributed by atoms with Gasteiger partial charge in [0.25, 0.3) is 5.91 Å². The average molecular weight is 503 g/mol. The highest BCUT2D eigenvalue weighted by molar-refractivity contribution is 5.95. The predicted molar refractivity (Wildman–Crippen MR) is 135 cm³/mol. The van der Waals surface area contributed by atoms with Crippen molar-refractivity contribution in [3.05, 3.63) is 66.1 Å². The van der Waals surface area contributed by atoms with Crippen LogP contribution in [0.2, 0.25) is 0 Å². The van der Waals surface area contributed by atoms with Gasteiger partial charge in [0.05, 0.1) is 11.8 Å². The van der Waals surface area contributed by atoms with Crippen molar-refractivity contribution in [1.82, 2.24) is 24.9 Å². The Morgan fingerprint density at radius 2 is 1.89 bits per heavy atom. The van der Waals surface area contributed by atoms with Crippen LogP contribution in [0.15, 0.2) is 54.7 Å². The minimum absolute atomic E-state index is 0.0219. The van der Waals surface area contributed by atoms with E-state index in [-0.39, 0.29) is 17.6 Å². The Morgan fingerprint density at radius 3 is 2.65 bits per heavy atom. The van der Waals surface area contributed by atoms with Crippen LogP contribution in [-0.2, 0) is 4.74 Å². The number of amides is 1. The summed E-state index contributed by atoms with van der Waals surface area (Å²) in [5.41, 5.74) is 1.64. The molecule has 2 N–H and O–H groups in total. The van der Waals surface area contributed by atoms with Crippen LogP contribution in [0.3, 0.4) is 0 Å². The molecule has 2 aromatic carbocycles. The molecule has 190 valence electrons. The number of anilines is 1. The molecule has 37 heavy (non-hydrogen) atoms. The maximum atomic E-state index is 15.0. The van der Waals surface area contributed by atoms with Crippen molar-refractivity contribution in [3.63, 3.8) is 0 Å². The van der Waals surface area contributed by atoms with Crippen LogP contribution in [0.1, 0.15) is 36.0 Å². The fourth-order valence-electron chi connectivity index (χ4n) is 4.36. The number of nitrogens with zero attached hydrogens (tertiary/aromatic N) is 4. The molecule has 1 saturated carbocycles. The van der Waals surface area contributed by atoms with Gasteiger partial charge in [-0.1, -0.05) is 24.3 Å². The first kappa shape index (κ1) is 23.4. The molecule has 4 aromatic rings. The molecule has 9 nitrogen and oxygen atoms in total. The van der Waals surface area contributed by atoms with E-state index in [2.05, 4.69) is 25.7 Å². The number of hydrogen-bond donors (Lipinski definition) is 2. The van der Waals surface area contributed by atoms with Crippen molar-refractivity contribution < 1.29 is 18.7 Å². The topological polar surface area (TPSA) is 103 Å². The number of rotatable bonds is 8. The third kappa shape index (κ3) is 5.24. The molecular weight excluding hydrogens is 475 g/mol. The van der Waals surface area contributed by atoms with Gasteiger partial charge in [-0.05, 0) is 61.4 Å². The van der Waals surface area contributed by atoms with Crippen LogP contribution in [0, 0.1) is 11.7 Å². The number of para-hydroxylation sites is 1. The van der Waals surface area contributed by atoms with Crippen LogP contribution >= 0.6 is 0 Å². The zero-order chi connectivity index (χ0) is 25.2. The van der Waals surface area contributed by atoms with Crippen LogP contribution in [0.5, 0.6) is 11.8 Å². The maximum Gasteiger partial charge on any atom is 0.327 e. The third-order valence-electron chi connectivity index (χ3n) is 6.63. The second kappa shape index (κ2) is 10.1. The van der Waals surface area contributed by atoms with Crippen molar-refractivity contribution in [2.75, 3.05) is 25.1 Å². The summed E-state index contributed by atoms with van der Waals surface area (Å²) in [5.74, 6) is 0.542. The molecular formula is C27H27FN6O3. The van der Waals surface area contributed by atoms with Gasteiger partial charge in [0.15, 0.2) is 5.65 Å². The van der Waals surface area contributed by atoms with Crippen molar-refractivity contribution in [3.8, 4) is 22.9 Å². The quantitative estimate of drug-likeness (QED) is 0.367. The van der Waals surface area contributed by atoms with E-state index in [1.165, 1.54) is 12.1 Å². The van der Waals surface area contributed by atoms with Crippen LogP contribution in [-0.4, -0.2) is 51.3 Å². The molecule has 2 aromatic heterocycles. The van der Waals surface area contributed by atoms with Gasteiger partial charge < -0.3 is 20.1 Å². The summed E-state index contributed by atoms with van der Waals surface area (Å²) < 4.78 is 28.0. The Hall–Kier alpha value is -4.05. The second-order valence-corrected chi connectivity index (χ2v) is 9.42. The lowest BCUT2D eigenvalue weighted by molar-refractivity contribution is 0.0699. The average Bonchev–Trinajstić information content (AvgIpc) is 3.63. The monoisotopic (exact) mass is 502 g/mol. The minimum atomic E-state index is -0.595. The predicted octanol–water partition coefficient (Wildman–Crippen LogP) is 4.45. The number of hydrogen-bond acceptors (Lipinski definition) is 7. The summed E-state index contributed by atoms with van der Waals surface area (Å²) in [6, 6.07) is 14.1. The Balaban J connectivity index is 1.34. The molecule has 1 aliphatic carbocycles. The first-order valence-corrected chi connectivity index (χ1v) is 12.5. The summed E-state index contributed by atoms with van der Waals surface area (Å²) >= 11 is 0. The van der Waals surface area contributed by atoms with Crippen molar-refractivity contribution in [1.29, 1.82) is 0 Å². The smallest absolute Gasteiger partial charge is 0.327 e. The van der Waals surface area contributed by atoms with E-state index in [9.17, 15) is 9.18 Å². The SMILES string of the molecule is O=C(NC1CC1)c1ccc(-c2cnn3c(NCC4CCOCC4)nc(Oc4ccccc4)nc23)cc1F. The standard InChI is InChI=1S/C27H27FN6O3/c28-23-14-18(6-9-21(23)25(35)31-19-7-8-19)22-16-30-34-24(22)32-27(37-20-4-2-1-3-5-20)33-26(34)29-15-17-10-12-36-13-11-17/h1-6,9,14,16-17,19H,7-8,10-13,15H2,(H,31,35)(H,29,32,33). The molecule has 2 fully saturated rings. The fourth-order valence-corrected chi connectivity index (χ4v) is 4.36. The zero-order valence-corrected chi connectivity index (χ0v) is 20.2. The van der Waals surface area contributed by atoms with E-state index in [0.717, 1.165) is 38.9 Å². The minimum Gasteiger partial charge on any atom is -0.424 e. The molecule has 3 heterocycles. The van der Waals surface area contributed by atoms with E-state index in [4.69, 9.17) is 9.47 Å². The first-order valence-electron chi connectivity index (χ1n) is 12.5. The molecule has 0 unspecified atom stereocenters. The van der Waals surface area contributed by atoms with Gasteiger partial charge in [0, 0.05) is 31.4 Å². The summed E-state index contributed by atoms with van der Waals surface area (Å²) in [6.45, 7) is 2.20. The zero-order valence-electron chi connectivity index (χ0n) is 20.2. The number of ether oxygens (including phenoxy) is 2. The lowest BCUT2D eigenvalue weighted by Crippen LogP contribution is -2.26. The molecule has 0 radical (unpaired) electrons. The van der Waals surface area contributed by atoms with E-state index in [1.54, 1.807) is 16.8 Å². The van der Waals surface area contributed by atoms with Crippen LogP contribution in [0.4, 0.5) is 10.3 Å². The van der Waals surface area contributed by atoms with Gasteiger partial charge >= 0.3 is 6.01 Å². The van der Waals surface area contributed by atoms with E-state index in [0.29, 0.717) is 40.9 Å². The summed E-state index contributed by atoms with van der Waals surface area (Å²) in [6.07, 6.45) is 5.43. The number of carbonyl (C=O) groups is 1. The highest BCUT2D eigenvalue weighted by atomic mass is 19.1. The largest absolute Gasteiger partial charge is 0.424 e. The summed E-state index contributed by atoms with van der Waals surface area (Å²) in [4.78, 5) is 21.5. The van der Waals surface area contributed by atoms with E-state index >= 15 is 0 Å². The van der Waals surface area contributed by atoms with Crippen LogP contribution < -0.4 is 15.4 Å². The molecule has 1 saturated heterocycles. The van der Waals surface area contributed by atoms with Crippen molar-refractivity contribution in [2.45, 2.75) is 31.7 Å². The van der Waals surface area contributed by atoms with Crippen molar-refractivity contribution in [2.24, 2.45) is 5.92 Å². The number of aromatic nitrogens is 4. The summed E-state index contributed by atoms with van der Waals surface area (Å²) in [7, 11) is 0. The number of carbonyl (C=O) groups excluding carboxylic acids is 1. The van der Waals surface area contributed by atoms with E-state index < -0.39 is 11.7 Å². The van der Waals surface area contributed by atoms with Gasteiger partial charge in [-0.15, -0.1) is 0 Å². The molecule has 1 aliphatic heterocycles. The highest BCUT2D eigenvalue weighted by Crippen LogP contribution is 2.29. The second-order valence-electron chi connectivity index (χ2n) is 9.42. The lowest BCUT2D eigenvalue weighted by atomic mass is 10.0. The normalized spacial score (nSPS) is 16.0. The fraction of sp³-hybridized carbons (Fsp3) is 0.333. The van der Waals surface area contributed by atoms with Gasteiger partial charge in [0.2, 0.25) is 5.95 Å². The molecule has 10 heteroatoms. The van der Waals surface area contributed by atoms with Crippen LogP contribution in [0.25, 0.3) is 16.8 Å². The number of benzene rings is 2. The molecule has 0 bridgehead atoms. The van der Waals surface area contributed by atoms with Gasteiger partial charge in [-0.2, -0.15) is 19.6 Å². The Labute approximate surface area is 213 Å². The lowest BCUT2D eigenvalue weighted by Gasteiger charge is -2.22. The third-order valence-corrected chi connectivity index (χ3v) is 6.63. The van der Waals surface area contributed by atoms with Crippen molar-refractivity contribution >= 4 is 17.5 Å². The van der Waals surface area contributed by atoms with Gasteiger partial charge in [-0.25, -0.2) is 4.39 Å². The Bertz CT molecular complexity index is 1420. The number of fused-ring (bicyclic) bond motifs is 1. The molecule has 1 amide bonds. The molecule has 0 atom stereocenters. The molecule has 6 rings (SSSR count). The number of halogens is 1. The Kier molecular flexibility index (Phi) is 6.40. The van der Waals surface area contributed by atoms with E-state index in [1.807, 2.05) is 30.3 Å². The highest BCUT2D eigenvalue weighted by Gasteiger charge is 2.25. The molecule has 2 aliphatic rings. The van der Waals surface area contributed by atoms with Gasteiger partial charge in [-0.3, -0.25) is 4.79 Å². The van der Waals surface area contributed by atoms with Gasteiger partial charge in [0.1, 0.15) is 11.6 Å². The maximum absolute atomic E-state index is 15.0. The molecule has 0 spiro atoms. The Morgan fingerprint density at radius 1 is 1.08 bits per heavy atom. The summed E-state index contributed by atoms with van der Waals surface area (Å²) in [5, 5.41) is 10.7. The first-order chi connectivity index (χ1) is 18.1. The number of nitrogens with one attached hydrogen (secondary N) is 2.